The summed E-state index contributed by atoms with van der Waals surface area (Å²) in [5, 5.41) is 3.96. The summed E-state index contributed by atoms with van der Waals surface area (Å²) in [4.78, 5) is 9.12. The molecule has 0 saturated heterocycles. The standard InChI is InChI=1S/C21H17Cl2FN4/c1-2-10-28-19-14(22)6-5-9-18(19)27-21(28)13-11-15(23)20(25-12-13)26-17-8-4-3-7-16(17)24/h3-9,11-12H,2,10H2,1H3,(H,25,26). The first-order valence-electron chi connectivity index (χ1n) is 8.90. The van der Waals surface area contributed by atoms with Gasteiger partial charge < -0.3 is 9.88 Å². The Hall–Kier alpha value is -2.63. The minimum atomic E-state index is -0.371. The Balaban J connectivity index is 1.76. The largest absolute Gasteiger partial charge is 0.337 e. The van der Waals surface area contributed by atoms with Gasteiger partial charge in [0, 0.05) is 18.3 Å². The number of nitrogens with one attached hydrogen (secondary N) is 1. The van der Waals surface area contributed by atoms with Crippen molar-refractivity contribution in [3.63, 3.8) is 0 Å². The van der Waals surface area contributed by atoms with Gasteiger partial charge in [0.1, 0.15) is 17.5 Å². The molecule has 0 spiro atoms. The van der Waals surface area contributed by atoms with Crippen LogP contribution in [0.15, 0.2) is 54.7 Å². The van der Waals surface area contributed by atoms with Crippen LogP contribution < -0.4 is 5.32 Å². The zero-order chi connectivity index (χ0) is 19.7. The number of rotatable bonds is 5. The molecule has 0 unspecified atom stereocenters. The maximum atomic E-state index is 13.9. The second-order valence-corrected chi connectivity index (χ2v) is 7.17. The first-order chi connectivity index (χ1) is 13.6. The number of pyridine rings is 1. The highest BCUT2D eigenvalue weighted by atomic mass is 35.5. The molecule has 28 heavy (non-hydrogen) atoms. The number of hydrogen-bond donors (Lipinski definition) is 1. The lowest BCUT2D eigenvalue weighted by Gasteiger charge is -2.11. The van der Waals surface area contributed by atoms with Crippen LogP contribution in [-0.2, 0) is 6.54 Å². The van der Waals surface area contributed by atoms with Crippen LogP contribution in [0.2, 0.25) is 10.0 Å². The monoisotopic (exact) mass is 414 g/mol. The van der Waals surface area contributed by atoms with E-state index in [1.807, 2.05) is 18.2 Å². The highest BCUT2D eigenvalue weighted by Gasteiger charge is 2.16. The molecule has 0 saturated carbocycles. The minimum absolute atomic E-state index is 0.314. The van der Waals surface area contributed by atoms with Gasteiger partial charge in [0.05, 0.1) is 26.8 Å². The van der Waals surface area contributed by atoms with Crippen molar-refractivity contribution in [1.82, 2.24) is 14.5 Å². The normalized spacial score (nSPS) is 11.1. The molecule has 0 atom stereocenters. The summed E-state index contributed by atoms with van der Waals surface area (Å²) in [7, 11) is 0. The van der Waals surface area contributed by atoms with E-state index in [-0.39, 0.29) is 5.82 Å². The molecule has 4 nitrogen and oxygen atoms in total. The van der Waals surface area contributed by atoms with Gasteiger partial charge in [0.15, 0.2) is 0 Å². The zero-order valence-corrected chi connectivity index (χ0v) is 16.6. The molecule has 2 aromatic carbocycles. The van der Waals surface area contributed by atoms with Crippen molar-refractivity contribution in [2.75, 3.05) is 5.32 Å². The Morgan fingerprint density at radius 2 is 1.89 bits per heavy atom. The maximum Gasteiger partial charge on any atom is 0.149 e. The van der Waals surface area contributed by atoms with Gasteiger partial charge in [-0.15, -0.1) is 0 Å². The highest BCUT2D eigenvalue weighted by molar-refractivity contribution is 6.35. The number of aryl methyl sites for hydroxylation is 1. The first-order valence-corrected chi connectivity index (χ1v) is 9.66. The van der Waals surface area contributed by atoms with Gasteiger partial charge in [-0.3, -0.25) is 0 Å². The van der Waals surface area contributed by atoms with E-state index in [0.717, 1.165) is 35.4 Å². The van der Waals surface area contributed by atoms with E-state index in [1.54, 1.807) is 30.5 Å². The Morgan fingerprint density at radius 1 is 1.07 bits per heavy atom. The summed E-state index contributed by atoms with van der Waals surface area (Å²) < 4.78 is 16.0. The number of para-hydroxylation sites is 2. The molecule has 0 aliphatic heterocycles. The van der Waals surface area contributed by atoms with Crippen molar-refractivity contribution in [3.05, 3.63) is 70.6 Å². The molecular weight excluding hydrogens is 398 g/mol. The van der Waals surface area contributed by atoms with Crippen molar-refractivity contribution < 1.29 is 4.39 Å². The predicted molar refractivity (Wildman–Crippen MR) is 113 cm³/mol. The van der Waals surface area contributed by atoms with Gasteiger partial charge in [0.25, 0.3) is 0 Å². The number of aromatic nitrogens is 3. The van der Waals surface area contributed by atoms with Crippen molar-refractivity contribution in [3.8, 4) is 11.4 Å². The number of halogens is 3. The molecule has 142 valence electrons. The van der Waals surface area contributed by atoms with E-state index in [9.17, 15) is 4.39 Å². The van der Waals surface area contributed by atoms with Crippen LogP contribution in [0.1, 0.15) is 13.3 Å². The lowest BCUT2D eigenvalue weighted by atomic mass is 10.2. The molecular formula is C21H17Cl2FN4. The van der Waals surface area contributed by atoms with Crippen LogP contribution in [0, 0.1) is 5.82 Å². The first kappa shape index (κ1) is 18.7. The van der Waals surface area contributed by atoms with E-state index in [4.69, 9.17) is 28.2 Å². The third-order valence-corrected chi connectivity index (χ3v) is 4.98. The average Bonchev–Trinajstić information content (AvgIpc) is 3.05. The summed E-state index contributed by atoms with van der Waals surface area (Å²) >= 11 is 12.8. The molecule has 0 amide bonds. The van der Waals surface area contributed by atoms with Gasteiger partial charge >= 0.3 is 0 Å². The van der Waals surface area contributed by atoms with Crippen LogP contribution in [0.4, 0.5) is 15.9 Å². The summed E-state index contributed by atoms with van der Waals surface area (Å²) in [5.74, 6) is 0.757. The number of nitrogens with zero attached hydrogens (tertiary/aromatic N) is 3. The molecule has 4 aromatic rings. The number of fused-ring (bicyclic) bond motifs is 1. The second kappa shape index (κ2) is 7.78. The lowest BCUT2D eigenvalue weighted by molar-refractivity contribution is 0.632. The van der Waals surface area contributed by atoms with E-state index in [0.29, 0.717) is 21.6 Å². The highest BCUT2D eigenvalue weighted by Crippen LogP contribution is 2.33. The molecule has 0 radical (unpaired) electrons. The second-order valence-electron chi connectivity index (χ2n) is 6.35. The Morgan fingerprint density at radius 3 is 2.64 bits per heavy atom. The Labute approximate surface area is 172 Å². The lowest BCUT2D eigenvalue weighted by Crippen LogP contribution is -2.02. The summed E-state index contributed by atoms with van der Waals surface area (Å²) in [6.45, 7) is 2.86. The molecule has 0 fully saturated rings. The van der Waals surface area contributed by atoms with Gasteiger partial charge in [-0.05, 0) is 36.8 Å². The molecule has 0 aliphatic carbocycles. The summed E-state index contributed by atoms with van der Waals surface area (Å²) in [5.41, 5.74) is 2.80. The number of anilines is 2. The van der Waals surface area contributed by atoms with E-state index >= 15 is 0 Å². The Kier molecular flexibility index (Phi) is 5.20. The SMILES string of the molecule is CCCn1c(-c2cnc(Nc3ccccc3F)c(Cl)c2)nc2cccc(Cl)c21. The summed E-state index contributed by atoms with van der Waals surface area (Å²) in [6, 6.07) is 13.8. The minimum Gasteiger partial charge on any atom is -0.337 e. The van der Waals surface area contributed by atoms with Crippen molar-refractivity contribution >= 4 is 45.7 Å². The zero-order valence-electron chi connectivity index (χ0n) is 15.1. The third kappa shape index (κ3) is 3.43. The van der Waals surface area contributed by atoms with Crippen LogP contribution in [0.5, 0.6) is 0 Å². The van der Waals surface area contributed by atoms with Gasteiger partial charge in [0.2, 0.25) is 0 Å². The van der Waals surface area contributed by atoms with E-state index in [2.05, 4.69) is 21.8 Å². The third-order valence-electron chi connectivity index (χ3n) is 4.39. The average molecular weight is 415 g/mol. The predicted octanol–water partition coefficient (Wildman–Crippen LogP) is 6.70. The number of imidazole rings is 1. The smallest absolute Gasteiger partial charge is 0.149 e. The van der Waals surface area contributed by atoms with Crippen molar-refractivity contribution in [2.45, 2.75) is 19.9 Å². The number of benzene rings is 2. The quantitative estimate of drug-likeness (QED) is 0.395. The van der Waals surface area contributed by atoms with E-state index < -0.39 is 0 Å². The molecule has 7 heteroatoms. The van der Waals surface area contributed by atoms with Crippen molar-refractivity contribution in [2.24, 2.45) is 0 Å². The molecule has 1 N–H and O–H groups in total. The molecule has 0 bridgehead atoms. The fourth-order valence-corrected chi connectivity index (χ4v) is 3.63. The van der Waals surface area contributed by atoms with Crippen LogP contribution in [-0.4, -0.2) is 14.5 Å². The number of hydrogen-bond acceptors (Lipinski definition) is 3. The molecule has 2 heterocycles. The van der Waals surface area contributed by atoms with Crippen LogP contribution in [0.3, 0.4) is 0 Å². The molecule has 2 aromatic heterocycles. The van der Waals surface area contributed by atoms with E-state index in [1.165, 1.54) is 6.07 Å². The van der Waals surface area contributed by atoms with Crippen LogP contribution >= 0.6 is 23.2 Å². The molecule has 0 aliphatic rings. The van der Waals surface area contributed by atoms with Crippen LogP contribution in [0.25, 0.3) is 22.4 Å². The fraction of sp³-hybridized carbons (Fsp3) is 0.143. The van der Waals surface area contributed by atoms with Gasteiger partial charge in [-0.2, -0.15) is 0 Å². The molecule has 4 rings (SSSR count). The van der Waals surface area contributed by atoms with Crippen molar-refractivity contribution in [1.29, 1.82) is 0 Å². The van der Waals surface area contributed by atoms with Gasteiger partial charge in [-0.1, -0.05) is 48.3 Å². The topological polar surface area (TPSA) is 42.7 Å². The fourth-order valence-electron chi connectivity index (χ4n) is 3.15. The van der Waals surface area contributed by atoms with Gasteiger partial charge in [-0.25, -0.2) is 14.4 Å². The Bertz CT molecular complexity index is 1160. The summed E-state index contributed by atoms with van der Waals surface area (Å²) in [6.07, 6.45) is 2.61. The maximum absolute atomic E-state index is 13.9.